The maximum Gasteiger partial charge on any atom is 0.490 e. The van der Waals surface area contributed by atoms with Crippen LogP contribution in [0.2, 0.25) is 0 Å². The molecule has 1 aliphatic heterocycles. The summed E-state index contributed by atoms with van der Waals surface area (Å²) in [4.78, 5) is 28.3. The molecule has 0 radical (unpaired) electrons. The number of imidazole rings is 1. The molecule has 12 heteroatoms. The molecule has 0 aliphatic carbocycles. The van der Waals surface area contributed by atoms with Crippen molar-refractivity contribution >= 4 is 11.8 Å². The first-order valence-corrected chi connectivity index (χ1v) is 10.2. The van der Waals surface area contributed by atoms with Gasteiger partial charge in [0.25, 0.3) is 0 Å². The molecule has 2 N–H and O–H groups in total. The predicted octanol–water partition coefficient (Wildman–Crippen LogP) is 3.33. The summed E-state index contributed by atoms with van der Waals surface area (Å²) >= 11 is 0. The van der Waals surface area contributed by atoms with E-state index in [4.69, 9.17) is 9.90 Å². The van der Waals surface area contributed by atoms with Crippen LogP contribution >= 0.6 is 0 Å². The lowest BCUT2D eigenvalue weighted by Gasteiger charge is -2.36. The molecule has 0 saturated carbocycles. The number of nitrogens with zero attached hydrogens (tertiary/aromatic N) is 6. The minimum Gasteiger partial charge on any atom is -0.475 e. The van der Waals surface area contributed by atoms with Gasteiger partial charge in [0.2, 0.25) is 0 Å². The molecule has 3 aromatic heterocycles. The van der Waals surface area contributed by atoms with Gasteiger partial charge in [0.1, 0.15) is 24.3 Å². The fourth-order valence-corrected chi connectivity index (χ4v) is 3.45. The highest BCUT2D eigenvalue weighted by atomic mass is 19.4. The molecule has 0 bridgehead atoms. The molecular weight excluding hydrogens is 439 g/mol. The van der Waals surface area contributed by atoms with Gasteiger partial charge in [-0.05, 0) is 37.5 Å². The third-order valence-electron chi connectivity index (χ3n) is 5.28. The number of piperidine rings is 1. The van der Waals surface area contributed by atoms with Crippen LogP contribution in [0.5, 0.6) is 0 Å². The van der Waals surface area contributed by atoms with Crippen LogP contribution in [0.15, 0.2) is 55.6 Å². The van der Waals surface area contributed by atoms with Gasteiger partial charge in [-0.1, -0.05) is 0 Å². The van der Waals surface area contributed by atoms with Crippen LogP contribution in [-0.2, 0) is 4.79 Å². The second-order valence-electron chi connectivity index (χ2n) is 7.45. The highest BCUT2D eigenvalue weighted by molar-refractivity contribution is 5.73. The summed E-state index contributed by atoms with van der Waals surface area (Å²) in [6.07, 6.45) is 7.81. The molecular formula is C21H24F3N7O2. The standard InChI is InChI=1S/C19H23N7.C2HF3O2/c1-15(16-2-6-20-7-3-16)25-9-4-17(5-10-25)24-18-12-19(23-13-22-18)26-11-8-21-14-26;3-2(4,5)1(6)7/h2-3,6-8,11-15,17H,4-5,9-10H2,1H3,(H,22,23,24);(H,6,7). The van der Waals surface area contributed by atoms with Gasteiger partial charge in [0.15, 0.2) is 0 Å². The van der Waals surface area contributed by atoms with Gasteiger partial charge in [0.05, 0.1) is 0 Å². The minimum atomic E-state index is -5.08. The Labute approximate surface area is 188 Å². The Balaban J connectivity index is 0.000000383. The van der Waals surface area contributed by atoms with Crippen molar-refractivity contribution in [2.75, 3.05) is 18.4 Å². The van der Waals surface area contributed by atoms with Crippen molar-refractivity contribution in [1.29, 1.82) is 0 Å². The number of nitrogens with one attached hydrogen (secondary N) is 1. The van der Waals surface area contributed by atoms with E-state index in [9.17, 15) is 13.2 Å². The molecule has 9 nitrogen and oxygen atoms in total. The molecule has 4 heterocycles. The van der Waals surface area contributed by atoms with Gasteiger partial charge in [-0.2, -0.15) is 13.2 Å². The average Bonchev–Trinajstić information content (AvgIpc) is 3.35. The van der Waals surface area contributed by atoms with Crippen molar-refractivity contribution in [3.05, 3.63) is 61.2 Å². The van der Waals surface area contributed by atoms with Crippen molar-refractivity contribution in [3.63, 3.8) is 0 Å². The number of rotatable bonds is 5. The third kappa shape index (κ3) is 6.97. The topological polar surface area (TPSA) is 109 Å². The van der Waals surface area contributed by atoms with E-state index >= 15 is 0 Å². The summed E-state index contributed by atoms with van der Waals surface area (Å²) in [6.45, 7) is 4.41. The number of hydrogen-bond donors (Lipinski definition) is 2. The summed E-state index contributed by atoms with van der Waals surface area (Å²) in [5.41, 5.74) is 1.33. The van der Waals surface area contributed by atoms with Crippen LogP contribution in [0.4, 0.5) is 19.0 Å². The van der Waals surface area contributed by atoms with E-state index in [-0.39, 0.29) is 0 Å². The smallest absolute Gasteiger partial charge is 0.475 e. The average molecular weight is 463 g/mol. The second-order valence-corrected chi connectivity index (χ2v) is 7.45. The zero-order valence-corrected chi connectivity index (χ0v) is 17.9. The molecule has 1 unspecified atom stereocenters. The van der Waals surface area contributed by atoms with Crippen molar-refractivity contribution in [2.24, 2.45) is 0 Å². The number of likely N-dealkylation sites (tertiary alicyclic amines) is 1. The summed E-state index contributed by atoms with van der Waals surface area (Å²) in [6, 6.07) is 7.03. The first-order chi connectivity index (χ1) is 15.7. The molecule has 1 fully saturated rings. The summed E-state index contributed by atoms with van der Waals surface area (Å²) in [7, 11) is 0. The van der Waals surface area contributed by atoms with Gasteiger partial charge in [-0.15, -0.1) is 0 Å². The Morgan fingerprint density at radius 1 is 1.15 bits per heavy atom. The lowest BCUT2D eigenvalue weighted by atomic mass is 10.0. The first-order valence-electron chi connectivity index (χ1n) is 10.2. The third-order valence-corrected chi connectivity index (χ3v) is 5.28. The van der Waals surface area contributed by atoms with Crippen LogP contribution in [0, 0.1) is 0 Å². The van der Waals surface area contributed by atoms with E-state index in [2.05, 4.69) is 49.2 Å². The molecule has 1 atom stereocenters. The normalized spacial score (nSPS) is 15.9. The molecule has 0 amide bonds. The van der Waals surface area contributed by atoms with Gasteiger partial charge in [-0.25, -0.2) is 19.7 Å². The number of aliphatic carboxylic acids is 1. The van der Waals surface area contributed by atoms with Crippen molar-refractivity contribution < 1.29 is 23.1 Å². The van der Waals surface area contributed by atoms with Crippen LogP contribution in [0.25, 0.3) is 5.82 Å². The fourth-order valence-electron chi connectivity index (χ4n) is 3.45. The number of pyridine rings is 1. The maximum absolute atomic E-state index is 10.6. The van der Waals surface area contributed by atoms with E-state index in [1.165, 1.54) is 5.56 Å². The Kier molecular flexibility index (Phi) is 7.93. The van der Waals surface area contributed by atoms with Crippen molar-refractivity contribution in [1.82, 2.24) is 29.4 Å². The van der Waals surface area contributed by atoms with E-state index in [1.54, 1.807) is 18.9 Å². The predicted molar refractivity (Wildman–Crippen MR) is 114 cm³/mol. The molecule has 33 heavy (non-hydrogen) atoms. The van der Waals surface area contributed by atoms with Crippen LogP contribution in [-0.4, -0.2) is 65.8 Å². The number of alkyl halides is 3. The Morgan fingerprint density at radius 3 is 2.39 bits per heavy atom. The van der Waals surface area contributed by atoms with E-state index in [0.29, 0.717) is 12.1 Å². The van der Waals surface area contributed by atoms with E-state index in [1.807, 2.05) is 29.2 Å². The second kappa shape index (κ2) is 10.9. The number of halogens is 3. The number of carboxylic acids is 1. The van der Waals surface area contributed by atoms with Gasteiger partial charge in [-0.3, -0.25) is 14.5 Å². The number of anilines is 1. The largest absolute Gasteiger partial charge is 0.490 e. The Morgan fingerprint density at radius 2 is 1.82 bits per heavy atom. The monoisotopic (exact) mass is 463 g/mol. The number of carbonyl (C=O) groups is 1. The maximum atomic E-state index is 10.6. The molecule has 4 rings (SSSR count). The van der Waals surface area contributed by atoms with Crippen LogP contribution < -0.4 is 5.32 Å². The molecule has 1 saturated heterocycles. The molecule has 0 spiro atoms. The SMILES string of the molecule is CC(c1ccncc1)N1CCC(Nc2cc(-n3ccnc3)ncn2)CC1.O=C(O)C(F)(F)F. The molecule has 1 aliphatic rings. The van der Waals surface area contributed by atoms with Gasteiger partial charge >= 0.3 is 12.1 Å². The first kappa shape index (κ1) is 24.1. The highest BCUT2D eigenvalue weighted by Crippen LogP contribution is 2.25. The minimum absolute atomic E-state index is 0.422. The van der Waals surface area contributed by atoms with E-state index in [0.717, 1.165) is 37.6 Å². The zero-order chi connectivity index (χ0) is 23.8. The number of carboxylic acid groups (broad SMARTS) is 1. The van der Waals surface area contributed by atoms with E-state index < -0.39 is 12.1 Å². The van der Waals surface area contributed by atoms with Gasteiger partial charge < -0.3 is 10.4 Å². The van der Waals surface area contributed by atoms with Crippen LogP contribution in [0.3, 0.4) is 0 Å². The van der Waals surface area contributed by atoms with Crippen LogP contribution in [0.1, 0.15) is 31.4 Å². The molecule has 3 aromatic rings. The zero-order valence-electron chi connectivity index (χ0n) is 17.9. The summed E-state index contributed by atoms with van der Waals surface area (Å²) in [5, 5.41) is 10.7. The molecule has 0 aromatic carbocycles. The quantitative estimate of drug-likeness (QED) is 0.593. The Hall–Kier alpha value is -3.54. The number of aromatic nitrogens is 5. The van der Waals surface area contributed by atoms with Crippen molar-refractivity contribution in [3.8, 4) is 5.82 Å². The molecule has 176 valence electrons. The van der Waals surface area contributed by atoms with Gasteiger partial charge in [0, 0.05) is 56.0 Å². The Bertz CT molecular complexity index is 1010. The highest BCUT2D eigenvalue weighted by Gasteiger charge is 2.38. The lowest BCUT2D eigenvalue weighted by molar-refractivity contribution is -0.192. The van der Waals surface area contributed by atoms with Crippen molar-refractivity contribution in [2.45, 2.75) is 38.0 Å². The summed E-state index contributed by atoms with van der Waals surface area (Å²) in [5.74, 6) is -1.07. The lowest BCUT2D eigenvalue weighted by Crippen LogP contribution is -2.40. The summed E-state index contributed by atoms with van der Waals surface area (Å²) < 4.78 is 33.6. The number of hydrogen-bond acceptors (Lipinski definition) is 7. The fraction of sp³-hybridized carbons (Fsp3) is 0.381.